The summed E-state index contributed by atoms with van der Waals surface area (Å²) in [5.74, 6) is 0. The number of sulfonamides is 1. The Morgan fingerprint density at radius 1 is 1.05 bits per heavy atom. The first-order chi connectivity index (χ1) is 10.3. The number of rotatable bonds is 3. The van der Waals surface area contributed by atoms with E-state index in [1.54, 1.807) is 0 Å². The van der Waals surface area contributed by atoms with Gasteiger partial charge in [-0.25, -0.2) is 13.1 Å². The van der Waals surface area contributed by atoms with E-state index in [1.165, 1.54) is 12.1 Å². The van der Waals surface area contributed by atoms with E-state index in [0.29, 0.717) is 12.1 Å². The number of hydrogen-bond donors (Lipinski definition) is 1. The van der Waals surface area contributed by atoms with Crippen LogP contribution in [-0.2, 0) is 10.0 Å². The molecule has 2 fully saturated rings. The molecule has 4 nitrogen and oxygen atoms in total. The average molecular weight is 384 g/mol. The Bertz CT molecular complexity index is 682. The molecule has 122 valence electrons. The van der Waals surface area contributed by atoms with Crippen LogP contribution in [0.5, 0.6) is 0 Å². The van der Waals surface area contributed by atoms with Gasteiger partial charge in [0.25, 0.3) is 0 Å². The quantitative estimate of drug-likeness (QED) is 0.812. The molecule has 0 spiro atoms. The molecule has 2 aliphatic rings. The lowest BCUT2D eigenvalue weighted by molar-refractivity contribution is 0.157. The molecule has 2 bridgehead atoms. The van der Waals surface area contributed by atoms with Gasteiger partial charge in [-0.15, -0.1) is 0 Å². The Labute approximate surface area is 145 Å². The van der Waals surface area contributed by atoms with Crippen LogP contribution in [0, 0.1) is 0 Å². The summed E-state index contributed by atoms with van der Waals surface area (Å²) in [7, 11) is -1.60. The molecule has 0 unspecified atom stereocenters. The third-order valence-electron chi connectivity index (χ3n) is 4.68. The van der Waals surface area contributed by atoms with Crippen molar-refractivity contribution in [2.75, 3.05) is 7.05 Å². The summed E-state index contributed by atoms with van der Waals surface area (Å²) in [4.78, 5) is 2.34. The summed E-state index contributed by atoms with van der Waals surface area (Å²) in [5, 5.41) is 0.496. The first-order valence-electron chi connectivity index (χ1n) is 7.17. The molecule has 2 atom stereocenters. The van der Waals surface area contributed by atoms with Crippen molar-refractivity contribution in [1.82, 2.24) is 9.62 Å². The fourth-order valence-electron chi connectivity index (χ4n) is 3.50. The van der Waals surface area contributed by atoms with Gasteiger partial charge >= 0.3 is 0 Å². The van der Waals surface area contributed by atoms with Crippen molar-refractivity contribution in [3.8, 4) is 0 Å². The van der Waals surface area contributed by atoms with Crippen LogP contribution in [0.25, 0.3) is 0 Å². The number of nitrogens with one attached hydrogen (secondary N) is 1. The summed E-state index contributed by atoms with van der Waals surface area (Å²) in [6, 6.07) is 3.51. The predicted molar refractivity (Wildman–Crippen MR) is 89.4 cm³/mol. The highest BCUT2D eigenvalue weighted by Crippen LogP contribution is 2.36. The topological polar surface area (TPSA) is 49.4 Å². The molecule has 2 aliphatic heterocycles. The van der Waals surface area contributed by atoms with Crippen molar-refractivity contribution in [2.24, 2.45) is 0 Å². The third kappa shape index (κ3) is 3.12. The lowest BCUT2D eigenvalue weighted by Crippen LogP contribution is -2.48. The summed E-state index contributed by atoms with van der Waals surface area (Å²) < 4.78 is 28.0. The highest BCUT2D eigenvalue weighted by molar-refractivity contribution is 7.89. The fraction of sp³-hybridized carbons (Fsp3) is 0.571. The van der Waals surface area contributed by atoms with Gasteiger partial charge in [0, 0.05) is 18.1 Å². The Morgan fingerprint density at radius 2 is 1.59 bits per heavy atom. The first kappa shape index (κ1) is 16.8. The Hall–Kier alpha value is -0.0400. The molecule has 1 aromatic rings. The molecule has 0 radical (unpaired) electrons. The van der Waals surface area contributed by atoms with Crippen LogP contribution >= 0.6 is 34.8 Å². The van der Waals surface area contributed by atoms with Crippen molar-refractivity contribution >= 4 is 44.8 Å². The van der Waals surface area contributed by atoms with Crippen LogP contribution in [0.2, 0.25) is 15.1 Å². The smallest absolute Gasteiger partial charge is 0.242 e. The maximum atomic E-state index is 12.6. The highest BCUT2D eigenvalue weighted by atomic mass is 35.5. The number of hydrogen-bond acceptors (Lipinski definition) is 3. The van der Waals surface area contributed by atoms with E-state index in [-0.39, 0.29) is 26.0 Å². The van der Waals surface area contributed by atoms with Crippen LogP contribution in [0.4, 0.5) is 0 Å². The molecule has 3 rings (SSSR count). The second-order valence-corrected chi connectivity index (χ2v) is 8.94. The SMILES string of the molecule is CN1[C@@H]2CC[C@@H]1CC(NS(=O)(=O)c1cc(Cl)c(Cl)cc1Cl)C2. The Balaban J connectivity index is 1.81. The monoisotopic (exact) mass is 382 g/mol. The van der Waals surface area contributed by atoms with Crippen molar-refractivity contribution in [2.45, 2.75) is 48.7 Å². The summed E-state index contributed by atoms with van der Waals surface area (Å²) in [6.45, 7) is 0. The Morgan fingerprint density at radius 3 is 2.18 bits per heavy atom. The normalized spacial score (nSPS) is 29.0. The van der Waals surface area contributed by atoms with Crippen LogP contribution in [0.3, 0.4) is 0 Å². The number of piperidine rings is 1. The zero-order valence-electron chi connectivity index (χ0n) is 12.0. The summed E-state index contributed by atoms with van der Waals surface area (Å²) in [6.07, 6.45) is 3.91. The maximum Gasteiger partial charge on any atom is 0.242 e. The summed E-state index contributed by atoms with van der Waals surface area (Å²) >= 11 is 17.8. The Kier molecular flexibility index (Phi) is 4.67. The maximum absolute atomic E-state index is 12.6. The minimum atomic E-state index is -3.71. The van der Waals surface area contributed by atoms with Gasteiger partial charge in [-0.1, -0.05) is 34.8 Å². The van der Waals surface area contributed by atoms with Gasteiger partial charge < -0.3 is 4.90 Å². The van der Waals surface area contributed by atoms with E-state index in [9.17, 15) is 8.42 Å². The van der Waals surface area contributed by atoms with Gasteiger partial charge in [0.2, 0.25) is 10.0 Å². The molecule has 22 heavy (non-hydrogen) atoms. The van der Waals surface area contributed by atoms with Crippen molar-refractivity contribution < 1.29 is 8.42 Å². The van der Waals surface area contributed by atoms with Crippen molar-refractivity contribution in [1.29, 1.82) is 0 Å². The molecule has 2 saturated heterocycles. The van der Waals surface area contributed by atoms with Gasteiger partial charge in [-0.05, 0) is 44.9 Å². The predicted octanol–water partition coefficient (Wildman–Crippen LogP) is 3.55. The van der Waals surface area contributed by atoms with Gasteiger partial charge in [0.15, 0.2) is 0 Å². The minimum Gasteiger partial charge on any atom is -0.300 e. The number of benzene rings is 1. The second-order valence-electron chi connectivity index (χ2n) is 6.04. The third-order valence-corrected chi connectivity index (χ3v) is 7.39. The van der Waals surface area contributed by atoms with E-state index in [0.717, 1.165) is 25.7 Å². The number of fused-ring (bicyclic) bond motifs is 2. The lowest BCUT2D eigenvalue weighted by Gasteiger charge is -2.36. The van der Waals surface area contributed by atoms with E-state index >= 15 is 0 Å². The molecule has 1 aromatic carbocycles. The molecule has 2 heterocycles. The standard InChI is InChI=1S/C14H17Cl3N2O2S/c1-19-9-2-3-10(19)5-8(4-9)18-22(20,21)14-7-12(16)11(15)6-13(14)17/h6-10,18H,2-5H2,1H3/t9-,10-/m1/s1. The molecular formula is C14H17Cl3N2O2S. The largest absolute Gasteiger partial charge is 0.300 e. The van der Waals surface area contributed by atoms with E-state index in [2.05, 4.69) is 16.7 Å². The highest BCUT2D eigenvalue weighted by Gasteiger charge is 2.39. The lowest BCUT2D eigenvalue weighted by atomic mass is 9.99. The van der Waals surface area contributed by atoms with Crippen LogP contribution in [-0.4, -0.2) is 38.5 Å². The molecule has 8 heteroatoms. The fourth-order valence-corrected chi connectivity index (χ4v) is 5.76. The van der Waals surface area contributed by atoms with Crippen molar-refractivity contribution in [3.63, 3.8) is 0 Å². The second kappa shape index (κ2) is 6.11. The van der Waals surface area contributed by atoms with E-state index in [1.807, 2.05) is 0 Å². The molecule has 0 saturated carbocycles. The van der Waals surface area contributed by atoms with Gasteiger partial charge in [0.05, 0.1) is 15.1 Å². The van der Waals surface area contributed by atoms with Gasteiger partial charge in [0.1, 0.15) is 4.90 Å². The molecule has 1 N–H and O–H groups in total. The number of halogens is 3. The molecular weight excluding hydrogens is 367 g/mol. The van der Waals surface area contributed by atoms with Crippen LogP contribution < -0.4 is 4.72 Å². The van der Waals surface area contributed by atoms with Crippen LogP contribution in [0.1, 0.15) is 25.7 Å². The molecule has 0 aliphatic carbocycles. The van der Waals surface area contributed by atoms with E-state index < -0.39 is 10.0 Å². The zero-order valence-corrected chi connectivity index (χ0v) is 15.1. The van der Waals surface area contributed by atoms with E-state index in [4.69, 9.17) is 34.8 Å². The number of nitrogens with zero attached hydrogens (tertiary/aromatic N) is 1. The van der Waals surface area contributed by atoms with Crippen molar-refractivity contribution in [3.05, 3.63) is 27.2 Å². The molecule has 0 aromatic heterocycles. The van der Waals surface area contributed by atoms with Crippen LogP contribution in [0.15, 0.2) is 17.0 Å². The van der Waals surface area contributed by atoms with Gasteiger partial charge in [-0.2, -0.15) is 0 Å². The first-order valence-corrected chi connectivity index (χ1v) is 9.78. The molecule has 0 amide bonds. The average Bonchev–Trinajstić information content (AvgIpc) is 2.65. The zero-order chi connectivity index (χ0) is 16.1. The minimum absolute atomic E-state index is 0.0187. The summed E-state index contributed by atoms with van der Waals surface area (Å²) in [5.41, 5.74) is 0. The van der Waals surface area contributed by atoms with Gasteiger partial charge in [-0.3, -0.25) is 0 Å².